The van der Waals surface area contributed by atoms with Crippen LogP contribution in [0.15, 0.2) is 42.5 Å². The van der Waals surface area contributed by atoms with Gasteiger partial charge in [0.25, 0.3) is 11.8 Å². The minimum Gasteiger partial charge on any atom is -0.493 e. The molecule has 0 saturated carbocycles. The molecule has 2 heterocycles. The zero-order valence-corrected chi connectivity index (χ0v) is 15.0. The maximum absolute atomic E-state index is 13.1. The fourth-order valence-corrected chi connectivity index (χ4v) is 3.60. The van der Waals surface area contributed by atoms with E-state index in [1.54, 1.807) is 15.9 Å². The lowest BCUT2D eigenvalue weighted by Crippen LogP contribution is -2.37. The predicted molar refractivity (Wildman–Crippen MR) is 98.5 cm³/mol. The number of benzene rings is 2. The Morgan fingerprint density at radius 3 is 2.19 bits per heavy atom. The first-order valence-electron chi connectivity index (χ1n) is 9.22. The summed E-state index contributed by atoms with van der Waals surface area (Å²) < 4.78 is 18.6. The van der Waals surface area contributed by atoms with Gasteiger partial charge in [0.2, 0.25) is 0 Å². The molecule has 2 amide bonds. The number of hydrogen-bond donors (Lipinski definition) is 0. The zero-order chi connectivity index (χ0) is 18.8. The van der Waals surface area contributed by atoms with Crippen LogP contribution < -0.4 is 4.74 Å². The molecule has 0 spiro atoms. The van der Waals surface area contributed by atoms with Gasteiger partial charge in [-0.15, -0.1) is 0 Å². The molecule has 140 valence electrons. The van der Waals surface area contributed by atoms with Gasteiger partial charge in [0.05, 0.1) is 6.61 Å². The minimum atomic E-state index is -0.362. The second-order valence-electron chi connectivity index (χ2n) is 6.87. The van der Waals surface area contributed by atoms with Crippen molar-refractivity contribution >= 4 is 11.8 Å². The number of carbonyl (C=O) groups excluding carboxylic acids is 2. The van der Waals surface area contributed by atoms with Gasteiger partial charge >= 0.3 is 0 Å². The highest BCUT2D eigenvalue weighted by molar-refractivity contribution is 5.95. The highest BCUT2D eigenvalue weighted by atomic mass is 19.1. The van der Waals surface area contributed by atoms with Gasteiger partial charge in [0.15, 0.2) is 0 Å². The number of nitrogens with zero attached hydrogens (tertiary/aromatic N) is 2. The van der Waals surface area contributed by atoms with Gasteiger partial charge in [-0.25, -0.2) is 4.39 Å². The highest BCUT2D eigenvalue weighted by Gasteiger charge is 2.24. The molecule has 6 heteroatoms. The van der Waals surface area contributed by atoms with Crippen LogP contribution in [-0.2, 0) is 6.42 Å². The third-order valence-corrected chi connectivity index (χ3v) is 5.10. The summed E-state index contributed by atoms with van der Waals surface area (Å²) in [4.78, 5) is 29.0. The number of carbonyl (C=O) groups is 2. The fourth-order valence-electron chi connectivity index (χ4n) is 3.60. The first-order valence-corrected chi connectivity index (χ1v) is 9.22. The molecular formula is C21H21FN2O3. The van der Waals surface area contributed by atoms with Crippen molar-refractivity contribution in [1.82, 2.24) is 9.80 Å². The standard InChI is InChI=1S/C21H21FN2O3/c22-18-5-2-15(3-6-18)20(25)23-9-1-10-24(12-11-23)21(26)17-4-7-19-16(14-17)8-13-27-19/h2-7,14H,1,8-13H2. The van der Waals surface area contributed by atoms with Crippen molar-refractivity contribution in [3.05, 3.63) is 65.0 Å². The van der Waals surface area contributed by atoms with Crippen LogP contribution in [0, 0.1) is 5.82 Å². The lowest BCUT2D eigenvalue weighted by Gasteiger charge is -2.22. The molecule has 2 aromatic rings. The maximum Gasteiger partial charge on any atom is 0.253 e. The van der Waals surface area contributed by atoms with Gasteiger partial charge < -0.3 is 14.5 Å². The summed E-state index contributed by atoms with van der Waals surface area (Å²) in [6.07, 6.45) is 1.54. The van der Waals surface area contributed by atoms with E-state index in [1.807, 2.05) is 12.1 Å². The van der Waals surface area contributed by atoms with Crippen molar-refractivity contribution in [3.63, 3.8) is 0 Å². The molecule has 0 aliphatic carbocycles. The van der Waals surface area contributed by atoms with Gasteiger partial charge in [0.1, 0.15) is 11.6 Å². The van der Waals surface area contributed by atoms with Crippen molar-refractivity contribution in [1.29, 1.82) is 0 Å². The van der Waals surface area contributed by atoms with E-state index < -0.39 is 0 Å². The second kappa shape index (κ2) is 7.39. The van der Waals surface area contributed by atoms with E-state index in [-0.39, 0.29) is 17.6 Å². The van der Waals surface area contributed by atoms with Crippen LogP contribution in [0.25, 0.3) is 0 Å². The molecule has 1 fully saturated rings. The Balaban J connectivity index is 1.43. The molecule has 0 bridgehead atoms. The topological polar surface area (TPSA) is 49.9 Å². The Morgan fingerprint density at radius 1 is 0.852 bits per heavy atom. The van der Waals surface area contributed by atoms with Crippen molar-refractivity contribution in [3.8, 4) is 5.75 Å². The average Bonchev–Trinajstić information content (AvgIpc) is 3.02. The molecule has 2 aliphatic heterocycles. The maximum atomic E-state index is 13.1. The summed E-state index contributed by atoms with van der Waals surface area (Å²) in [5, 5.41) is 0. The zero-order valence-electron chi connectivity index (χ0n) is 15.0. The van der Waals surface area contributed by atoms with E-state index in [1.165, 1.54) is 24.3 Å². The quantitative estimate of drug-likeness (QED) is 0.819. The van der Waals surface area contributed by atoms with E-state index in [4.69, 9.17) is 4.74 Å². The first kappa shape index (κ1) is 17.5. The van der Waals surface area contributed by atoms with E-state index in [0.717, 1.165) is 17.7 Å². The Hall–Kier alpha value is -2.89. The van der Waals surface area contributed by atoms with Crippen LogP contribution in [0.1, 0.15) is 32.7 Å². The number of fused-ring (bicyclic) bond motifs is 1. The summed E-state index contributed by atoms with van der Waals surface area (Å²) >= 11 is 0. The fraction of sp³-hybridized carbons (Fsp3) is 0.333. The first-order chi connectivity index (χ1) is 13.1. The molecule has 1 saturated heterocycles. The molecule has 27 heavy (non-hydrogen) atoms. The Bertz CT molecular complexity index is 866. The van der Waals surface area contributed by atoms with Crippen molar-refractivity contribution in [2.24, 2.45) is 0 Å². The Morgan fingerprint density at radius 2 is 1.48 bits per heavy atom. The van der Waals surface area contributed by atoms with E-state index in [2.05, 4.69) is 0 Å². The molecule has 2 aliphatic rings. The van der Waals surface area contributed by atoms with Crippen molar-refractivity contribution < 1.29 is 18.7 Å². The van der Waals surface area contributed by atoms with Crippen LogP contribution in [0.5, 0.6) is 5.75 Å². The van der Waals surface area contributed by atoms with Gasteiger partial charge in [0, 0.05) is 43.7 Å². The van der Waals surface area contributed by atoms with Crippen LogP contribution >= 0.6 is 0 Å². The van der Waals surface area contributed by atoms with E-state index in [9.17, 15) is 14.0 Å². The third kappa shape index (κ3) is 3.65. The number of ether oxygens (including phenoxy) is 1. The average molecular weight is 368 g/mol. The van der Waals surface area contributed by atoms with E-state index >= 15 is 0 Å². The van der Waals surface area contributed by atoms with Crippen LogP contribution in [-0.4, -0.2) is 54.4 Å². The van der Waals surface area contributed by atoms with Gasteiger partial charge in [-0.2, -0.15) is 0 Å². The molecule has 0 radical (unpaired) electrons. The lowest BCUT2D eigenvalue weighted by molar-refractivity contribution is 0.0718. The number of halogens is 1. The summed E-state index contributed by atoms with van der Waals surface area (Å²) in [7, 11) is 0. The summed E-state index contributed by atoms with van der Waals surface area (Å²) in [5.41, 5.74) is 2.20. The van der Waals surface area contributed by atoms with E-state index in [0.29, 0.717) is 50.3 Å². The van der Waals surface area contributed by atoms with Crippen LogP contribution in [0.4, 0.5) is 4.39 Å². The number of amides is 2. The van der Waals surface area contributed by atoms with Crippen molar-refractivity contribution in [2.75, 3.05) is 32.8 Å². The second-order valence-corrected chi connectivity index (χ2v) is 6.87. The highest BCUT2D eigenvalue weighted by Crippen LogP contribution is 2.26. The molecule has 0 unspecified atom stereocenters. The van der Waals surface area contributed by atoms with Crippen LogP contribution in [0.3, 0.4) is 0 Å². The smallest absolute Gasteiger partial charge is 0.253 e. The summed E-state index contributed by atoms with van der Waals surface area (Å²) in [6.45, 7) is 2.81. The van der Waals surface area contributed by atoms with Crippen molar-refractivity contribution in [2.45, 2.75) is 12.8 Å². The van der Waals surface area contributed by atoms with Gasteiger partial charge in [-0.05, 0) is 54.4 Å². The normalized spacial score (nSPS) is 16.5. The molecule has 0 aromatic heterocycles. The molecule has 4 rings (SSSR count). The van der Waals surface area contributed by atoms with Gasteiger partial charge in [-0.3, -0.25) is 9.59 Å². The molecule has 2 aromatic carbocycles. The summed E-state index contributed by atoms with van der Waals surface area (Å²) in [5.74, 6) is 0.359. The number of rotatable bonds is 2. The molecule has 0 N–H and O–H groups in total. The minimum absolute atomic E-state index is 0.0132. The number of hydrogen-bond acceptors (Lipinski definition) is 3. The van der Waals surface area contributed by atoms with Gasteiger partial charge in [-0.1, -0.05) is 0 Å². The monoisotopic (exact) mass is 368 g/mol. The molecular weight excluding hydrogens is 347 g/mol. The Kier molecular flexibility index (Phi) is 4.79. The summed E-state index contributed by atoms with van der Waals surface area (Å²) in [6, 6.07) is 11.2. The lowest BCUT2D eigenvalue weighted by atomic mass is 10.1. The van der Waals surface area contributed by atoms with Crippen LogP contribution in [0.2, 0.25) is 0 Å². The largest absolute Gasteiger partial charge is 0.493 e. The molecule has 5 nitrogen and oxygen atoms in total. The SMILES string of the molecule is O=C(c1ccc(F)cc1)N1CCCN(C(=O)c2ccc3c(c2)CCO3)CC1. The molecule has 0 atom stereocenters. The Labute approximate surface area is 157 Å². The third-order valence-electron chi connectivity index (χ3n) is 5.10. The predicted octanol–water partition coefficient (Wildman–Crippen LogP) is 2.75.